The van der Waals surface area contributed by atoms with Crippen molar-refractivity contribution >= 4 is 37.7 Å². The molecule has 0 saturated carbocycles. The Hall–Kier alpha value is -3.25. The molecule has 0 saturated heterocycles. The van der Waals surface area contributed by atoms with E-state index in [0.717, 1.165) is 12.1 Å². The highest BCUT2D eigenvalue weighted by atomic mass is 32.2. The lowest BCUT2D eigenvalue weighted by Crippen LogP contribution is -2.08. The number of aliphatic hydroxyl groups is 1. The summed E-state index contributed by atoms with van der Waals surface area (Å²) in [6.07, 6.45) is -2.82. The largest absolute Gasteiger partial charge is 0.416 e. The normalized spacial score (nSPS) is 14.0. The predicted octanol–water partition coefficient (Wildman–Crippen LogP) is 3.55. The van der Waals surface area contributed by atoms with Crippen LogP contribution in [0.5, 0.6) is 0 Å². The number of rotatable bonds is 5. The molecule has 1 atom stereocenters. The minimum atomic E-state index is -4.45. The van der Waals surface area contributed by atoms with Gasteiger partial charge in [-0.1, -0.05) is 0 Å². The Morgan fingerprint density at radius 1 is 1.15 bits per heavy atom. The van der Waals surface area contributed by atoms with E-state index in [2.05, 4.69) is 14.6 Å². The average molecular weight is 479 g/mol. The van der Waals surface area contributed by atoms with Crippen LogP contribution in [0, 0.1) is 0 Å². The minimum Gasteiger partial charge on any atom is -0.396 e. The Bertz CT molecular complexity index is 1480. The van der Waals surface area contributed by atoms with E-state index in [4.69, 9.17) is 5.11 Å². The van der Waals surface area contributed by atoms with Gasteiger partial charge in [0.15, 0.2) is 5.65 Å². The number of aliphatic hydroxyl groups excluding tert-OH is 1. The number of hydrogen-bond donors (Lipinski definition) is 1. The molecule has 33 heavy (non-hydrogen) atoms. The summed E-state index contributed by atoms with van der Waals surface area (Å²) in [4.78, 5) is 14.0. The van der Waals surface area contributed by atoms with Crippen LogP contribution in [0.15, 0.2) is 46.8 Å². The van der Waals surface area contributed by atoms with Gasteiger partial charge in [-0.25, -0.2) is 4.21 Å². The van der Waals surface area contributed by atoms with Crippen molar-refractivity contribution in [1.82, 2.24) is 19.6 Å². The van der Waals surface area contributed by atoms with Gasteiger partial charge in [0.25, 0.3) is 5.91 Å². The first kappa shape index (κ1) is 22.9. The van der Waals surface area contributed by atoms with Crippen molar-refractivity contribution in [3.63, 3.8) is 0 Å². The molecule has 4 aromatic rings. The molecule has 0 radical (unpaired) electrons. The molecule has 0 spiro atoms. The molecule has 1 N–H and O–H groups in total. The molecule has 12 heteroatoms. The summed E-state index contributed by atoms with van der Waals surface area (Å²) in [7, 11) is -1.19. The molecule has 8 nitrogen and oxygen atoms in total. The van der Waals surface area contributed by atoms with Gasteiger partial charge >= 0.3 is 6.18 Å². The monoisotopic (exact) mass is 479 g/mol. The van der Waals surface area contributed by atoms with E-state index in [-0.39, 0.29) is 24.3 Å². The van der Waals surface area contributed by atoms with Gasteiger partial charge in [0, 0.05) is 42.3 Å². The van der Waals surface area contributed by atoms with Crippen molar-refractivity contribution in [2.75, 3.05) is 18.6 Å². The molecule has 0 aliphatic heterocycles. The number of carbonyl (C=O) groups excluding carboxylic acids is 1. The van der Waals surface area contributed by atoms with Crippen molar-refractivity contribution < 1.29 is 27.3 Å². The molecule has 2 heterocycles. The maximum Gasteiger partial charge on any atom is 0.416 e. The van der Waals surface area contributed by atoms with Crippen molar-refractivity contribution in [2.24, 2.45) is 11.4 Å². The molecule has 174 valence electrons. The van der Waals surface area contributed by atoms with Crippen LogP contribution >= 0.6 is 0 Å². The third-order valence-electron chi connectivity index (χ3n) is 5.06. The summed E-state index contributed by atoms with van der Waals surface area (Å²) < 4.78 is 56.9. The topological polar surface area (TPSA) is 102 Å². The minimum absolute atomic E-state index is 0.0934. The van der Waals surface area contributed by atoms with Gasteiger partial charge < -0.3 is 5.11 Å². The standard InChI is InChI=1S/C21H20F3N5O3S/c1-28-25-18-16-12-13(20(31)27-33(2,32)11-3-10-30)4-9-17(16)29(19(18)26-28)15-7-5-14(6-8-15)21(22,23)24/h4-9,12,30H,3,10-11H2,1-2H3/t33-/m1/s1. The van der Waals surface area contributed by atoms with Gasteiger partial charge in [0.1, 0.15) is 5.52 Å². The number of benzene rings is 2. The Morgan fingerprint density at radius 2 is 1.85 bits per heavy atom. The molecule has 0 fully saturated rings. The third-order valence-corrected chi connectivity index (χ3v) is 6.66. The van der Waals surface area contributed by atoms with Crippen LogP contribution in [0.4, 0.5) is 13.2 Å². The number of amides is 1. The van der Waals surface area contributed by atoms with E-state index in [0.29, 0.717) is 27.8 Å². The van der Waals surface area contributed by atoms with E-state index in [1.807, 2.05) is 0 Å². The zero-order valence-corrected chi connectivity index (χ0v) is 18.5. The first-order chi connectivity index (χ1) is 15.5. The first-order valence-corrected chi connectivity index (χ1v) is 12.0. The lowest BCUT2D eigenvalue weighted by Gasteiger charge is -2.10. The quantitative estimate of drug-likeness (QED) is 0.472. The molecule has 0 aliphatic carbocycles. The number of nitrogens with zero attached hydrogens (tertiary/aromatic N) is 5. The van der Waals surface area contributed by atoms with E-state index in [9.17, 15) is 22.2 Å². The van der Waals surface area contributed by atoms with Crippen LogP contribution in [0.3, 0.4) is 0 Å². The van der Waals surface area contributed by atoms with Crippen LogP contribution in [0.1, 0.15) is 22.3 Å². The Morgan fingerprint density at radius 3 is 2.48 bits per heavy atom. The average Bonchev–Trinajstić information content (AvgIpc) is 3.25. The van der Waals surface area contributed by atoms with Crippen molar-refractivity contribution in [3.05, 3.63) is 53.6 Å². The summed E-state index contributed by atoms with van der Waals surface area (Å²) in [5.41, 5.74) is 1.34. The molecular formula is C21H20F3N5O3S. The maximum absolute atomic E-state index is 13.0. The van der Waals surface area contributed by atoms with Crippen LogP contribution in [-0.4, -0.2) is 53.4 Å². The summed E-state index contributed by atoms with van der Waals surface area (Å²) in [5, 5.41) is 18.2. The van der Waals surface area contributed by atoms with E-state index >= 15 is 0 Å². The van der Waals surface area contributed by atoms with Crippen molar-refractivity contribution in [1.29, 1.82) is 0 Å². The van der Waals surface area contributed by atoms with Gasteiger partial charge in [-0.3, -0.25) is 9.36 Å². The van der Waals surface area contributed by atoms with Crippen LogP contribution in [0.2, 0.25) is 0 Å². The number of aryl methyl sites for hydroxylation is 1. The molecular weight excluding hydrogens is 459 g/mol. The second-order valence-electron chi connectivity index (χ2n) is 7.61. The second-order valence-corrected chi connectivity index (χ2v) is 10.1. The zero-order chi connectivity index (χ0) is 24.0. The van der Waals surface area contributed by atoms with Crippen molar-refractivity contribution in [2.45, 2.75) is 12.6 Å². The van der Waals surface area contributed by atoms with Gasteiger partial charge in [-0.2, -0.15) is 27.4 Å². The highest BCUT2D eigenvalue weighted by Gasteiger charge is 2.30. The molecule has 1 amide bonds. The number of hydrogen-bond acceptors (Lipinski definition) is 5. The predicted molar refractivity (Wildman–Crippen MR) is 118 cm³/mol. The lowest BCUT2D eigenvalue weighted by atomic mass is 10.1. The van der Waals surface area contributed by atoms with Crippen molar-refractivity contribution in [3.8, 4) is 5.69 Å². The van der Waals surface area contributed by atoms with Gasteiger partial charge in [-0.05, 0) is 48.9 Å². The highest BCUT2D eigenvalue weighted by molar-refractivity contribution is 7.93. The molecule has 0 bridgehead atoms. The van der Waals surface area contributed by atoms with E-state index < -0.39 is 27.4 Å². The molecule has 0 aliphatic rings. The smallest absolute Gasteiger partial charge is 0.396 e. The Balaban J connectivity index is 1.84. The lowest BCUT2D eigenvalue weighted by molar-refractivity contribution is -0.137. The fourth-order valence-corrected chi connectivity index (χ4v) is 4.77. The summed E-state index contributed by atoms with van der Waals surface area (Å²) >= 11 is 0. The van der Waals surface area contributed by atoms with E-state index in [1.165, 1.54) is 29.3 Å². The second kappa shape index (κ2) is 8.27. The van der Waals surface area contributed by atoms with Crippen LogP contribution < -0.4 is 0 Å². The molecule has 0 unspecified atom stereocenters. The first-order valence-electron chi connectivity index (χ1n) is 9.88. The number of alkyl halides is 3. The third kappa shape index (κ3) is 4.48. The summed E-state index contributed by atoms with van der Waals surface area (Å²) in [6.45, 7) is -0.150. The number of aromatic nitrogens is 4. The van der Waals surface area contributed by atoms with Gasteiger partial charge in [0.2, 0.25) is 0 Å². The molecule has 4 rings (SSSR count). The summed E-state index contributed by atoms with van der Waals surface area (Å²) in [5.74, 6) is -0.572. The fourth-order valence-electron chi connectivity index (χ4n) is 3.56. The number of halogens is 3. The number of carbonyl (C=O) groups is 1. The highest BCUT2D eigenvalue weighted by Crippen LogP contribution is 2.33. The van der Waals surface area contributed by atoms with Gasteiger partial charge in [0.05, 0.1) is 20.8 Å². The van der Waals surface area contributed by atoms with Crippen LogP contribution in [0.25, 0.3) is 27.8 Å². The number of fused-ring (bicyclic) bond motifs is 3. The summed E-state index contributed by atoms with van der Waals surface area (Å²) in [6, 6.07) is 9.37. The van der Waals surface area contributed by atoms with Gasteiger partial charge in [-0.15, -0.1) is 5.10 Å². The SMILES string of the molecule is Cn1nc2c3cc(C(=O)N=[S@](C)(=O)CCCO)ccc3n(-c3ccc(C(F)(F)F)cc3)c2n1. The van der Waals surface area contributed by atoms with Crippen LogP contribution in [-0.2, 0) is 23.0 Å². The van der Waals surface area contributed by atoms with E-state index in [1.54, 1.807) is 23.7 Å². The molecule has 2 aromatic heterocycles. The molecule has 2 aromatic carbocycles. The zero-order valence-electron chi connectivity index (χ0n) is 17.7. The maximum atomic E-state index is 13.0. The Kier molecular flexibility index (Phi) is 5.74. The Labute approximate surface area is 186 Å². The fraction of sp³-hybridized carbons (Fsp3) is 0.286.